The zero-order valence-corrected chi connectivity index (χ0v) is 15.9. The van der Waals surface area contributed by atoms with Gasteiger partial charge in [-0.25, -0.2) is 0 Å². The lowest BCUT2D eigenvalue weighted by molar-refractivity contribution is -0.136. The van der Waals surface area contributed by atoms with Crippen LogP contribution in [0.1, 0.15) is 44.9 Å². The summed E-state index contributed by atoms with van der Waals surface area (Å²) in [7, 11) is 1.60. The highest BCUT2D eigenvalue weighted by molar-refractivity contribution is 6.39. The third-order valence-electron chi connectivity index (χ3n) is 4.15. The zero-order chi connectivity index (χ0) is 19.3. The summed E-state index contributed by atoms with van der Waals surface area (Å²) in [5.74, 6) is -0.608. The smallest absolute Gasteiger partial charge is 0.313 e. The molecule has 0 fully saturated rings. The summed E-state index contributed by atoms with van der Waals surface area (Å²) in [5.41, 5.74) is 2.38. The Morgan fingerprint density at radius 3 is 2.15 bits per heavy atom. The lowest BCUT2D eigenvalue weighted by Gasteiger charge is -2.23. The van der Waals surface area contributed by atoms with Gasteiger partial charge in [0.05, 0.1) is 13.2 Å². The van der Waals surface area contributed by atoms with Crippen LogP contribution in [0.15, 0.2) is 48.5 Å². The van der Waals surface area contributed by atoms with Gasteiger partial charge >= 0.3 is 11.8 Å². The van der Waals surface area contributed by atoms with Crippen molar-refractivity contribution < 1.29 is 14.3 Å². The highest BCUT2D eigenvalue weighted by atomic mass is 16.5. The zero-order valence-electron chi connectivity index (χ0n) is 15.9. The van der Waals surface area contributed by atoms with Crippen molar-refractivity contribution in [1.82, 2.24) is 5.32 Å². The number of benzene rings is 2. The summed E-state index contributed by atoms with van der Waals surface area (Å²) in [6.07, 6.45) is 0. The minimum atomic E-state index is -0.679. The average molecular weight is 354 g/mol. The lowest BCUT2D eigenvalue weighted by atomic mass is 9.86. The van der Waals surface area contributed by atoms with Gasteiger partial charge < -0.3 is 15.4 Å². The molecule has 2 rings (SSSR count). The van der Waals surface area contributed by atoms with E-state index in [-0.39, 0.29) is 11.5 Å². The average Bonchev–Trinajstić information content (AvgIpc) is 2.61. The van der Waals surface area contributed by atoms with E-state index in [0.717, 1.165) is 16.9 Å². The number of carbonyl (C=O) groups excluding carboxylic acids is 2. The predicted molar refractivity (Wildman–Crippen MR) is 103 cm³/mol. The Morgan fingerprint density at radius 1 is 0.962 bits per heavy atom. The summed E-state index contributed by atoms with van der Waals surface area (Å²) < 4.78 is 5.12. The number of methoxy groups -OCH3 is 1. The fourth-order valence-corrected chi connectivity index (χ4v) is 2.66. The Balaban J connectivity index is 2.05. The molecule has 0 heterocycles. The van der Waals surface area contributed by atoms with Crippen LogP contribution in [0.4, 0.5) is 5.69 Å². The maximum atomic E-state index is 12.3. The number of para-hydroxylation sites is 1. The maximum Gasteiger partial charge on any atom is 0.313 e. The molecule has 0 radical (unpaired) electrons. The number of hydrogen-bond donors (Lipinski definition) is 2. The molecule has 0 aromatic heterocycles. The molecule has 2 aromatic rings. The molecule has 2 N–H and O–H groups in total. The molecular weight excluding hydrogens is 328 g/mol. The van der Waals surface area contributed by atoms with Crippen molar-refractivity contribution in [3.8, 4) is 5.75 Å². The first-order valence-electron chi connectivity index (χ1n) is 8.57. The summed E-state index contributed by atoms with van der Waals surface area (Å²) in [6, 6.07) is 14.6. The Kier molecular flexibility index (Phi) is 6.03. The summed E-state index contributed by atoms with van der Waals surface area (Å²) in [5, 5.41) is 5.44. The van der Waals surface area contributed by atoms with E-state index in [2.05, 4.69) is 31.4 Å². The normalized spacial score (nSPS) is 12.2. The Morgan fingerprint density at radius 2 is 1.58 bits per heavy atom. The maximum absolute atomic E-state index is 12.3. The SMILES string of the molecule is COc1ccc(C(C)NC(=O)C(=O)Nc2ccccc2C(C)(C)C)cc1. The lowest BCUT2D eigenvalue weighted by Crippen LogP contribution is -2.37. The second-order valence-corrected chi connectivity index (χ2v) is 7.22. The molecule has 0 aliphatic heterocycles. The van der Waals surface area contributed by atoms with Gasteiger partial charge in [0.25, 0.3) is 0 Å². The van der Waals surface area contributed by atoms with E-state index in [1.54, 1.807) is 13.2 Å². The molecule has 1 unspecified atom stereocenters. The number of rotatable bonds is 4. The molecule has 1 atom stereocenters. The number of amides is 2. The van der Waals surface area contributed by atoms with Gasteiger partial charge in [0, 0.05) is 5.69 Å². The third kappa shape index (κ3) is 4.85. The third-order valence-corrected chi connectivity index (χ3v) is 4.15. The number of nitrogens with one attached hydrogen (secondary N) is 2. The van der Waals surface area contributed by atoms with Crippen LogP contribution >= 0.6 is 0 Å². The van der Waals surface area contributed by atoms with E-state index in [4.69, 9.17) is 4.74 Å². The molecule has 5 nitrogen and oxygen atoms in total. The fourth-order valence-electron chi connectivity index (χ4n) is 2.66. The van der Waals surface area contributed by atoms with E-state index < -0.39 is 11.8 Å². The van der Waals surface area contributed by atoms with Gasteiger partial charge in [0.2, 0.25) is 0 Å². The molecule has 0 saturated carbocycles. The summed E-state index contributed by atoms with van der Waals surface area (Å²) in [4.78, 5) is 24.6. The van der Waals surface area contributed by atoms with E-state index in [1.165, 1.54) is 0 Å². The first-order valence-corrected chi connectivity index (χ1v) is 8.57. The van der Waals surface area contributed by atoms with Crippen molar-refractivity contribution in [3.63, 3.8) is 0 Å². The molecule has 0 bridgehead atoms. The first kappa shape index (κ1) is 19.5. The number of carbonyl (C=O) groups is 2. The van der Waals surface area contributed by atoms with Gasteiger partial charge in [-0.05, 0) is 41.7 Å². The molecular formula is C21H26N2O3. The second kappa shape index (κ2) is 8.04. The van der Waals surface area contributed by atoms with E-state index in [9.17, 15) is 9.59 Å². The second-order valence-electron chi connectivity index (χ2n) is 7.22. The van der Waals surface area contributed by atoms with E-state index in [0.29, 0.717) is 5.69 Å². The van der Waals surface area contributed by atoms with Crippen molar-refractivity contribution in [3.05, 3.63) is 59.7 Å². The van der Waals surface area contributed by atoms with Gasteiger partial charge in [0.15, 0.2) is 0 Å². The van der Waals surface area contributed by atoms with Crippen LogP contribution in [0.5, 0.6) is 5.75 Å². The number of ether oxygens (including phenoxy) is 1. The monoisotopic (exact) mass is 354 g/mol. The minimum Gasteiger partial charge on any atom is -0.497 e. The van der Waals surface area contributed by atoms with Gasteiger partial charge in [-0.2, -0.15) is 0 Å². The van der Waals surface area contributed by atoms with Gasteiger partial charge in [-0.1, -0.05) is 51.1 Å². The Hall–Kier alpha value is -2.82. The number of hydrogen-bond acceptors (Lipinski definition) is 3. The molecule has 138 valence electrons. The molecule has 26 heavy (non-hydrogen) atoms. The largest absolute Gasteiger partial charge is 0.497 e. The van der Waals surface area contributed by atoms with Gasteiger partial charge in [-0.3, -0.25) is 9.59 Å². The van der Waals surface area contributed by atoms with Gasteiger partial charge in [0.1, 0.15) is 5.75 Å². The van der Waals surface area contributed by atoms with E-state index >= 15 is 0 Å². The summed E-state index contributed by atoms with van der Waals surface area (Å²) >= 11 is 0. The van der Waals surface area contributed by atoms with Crippen LogP contribution < -0.4 is 15.4 Å². The predicted octanol–water partition coefficient (Wildman–Crippen LogP) is 3.81. The minimum absolute atomic E-state index is 0.142. The molecule has 0 aliphatic rings. The van der Waals surface area contributed by atoms with Crippen LogP contribution in [0.3, 0.4) is 0 Å². The number of anilines is 1. The fraction of sp³-hybridized carbons (Fsp3) is 0.333. The van der Waals surface area contributed by atoms with Crippen molar-refractivity contribution in [2.45, 2.75) is 39.2 Å². The van der Waals surface area contributed by atoms with Crippen LogP contribution in [0, 0.1) is 0 Å². The molecule has 0 saturated heterocycles. The van der Waals surface area contributed by atoms with Crippen LogP contribution in [-0.2, 0) is 15.0 Å². The van der Waals surface area contributed by atoms with Crippen molar-refractivity contribution in [2.75, 3.05) is 12.4 Å². The highest BCUT2D eigenvalue weighted by Gasteiger charge is 2.22. The molecule has 0 spiro atoms. The Bertz CT molecular complexity index is 777. The van der Waals surface area contributed by atoms with Crippen molar-refractivity contribution in [1.29, 1.82) is 0 Å². The van der Waals surface area contributed by atoms with Crippen LogP contribution in [0.25, 0.3) is 0 Å². The first-order chi connectivity index (χ1) is 12.2. The molecule has 5 heteroatoms. The van der Waals surface area contributed by atoms with E-state index in [1.807, 2.05) is 49.4 Å². The summed E-state index contributed by atoms with van der Waals surface area (Å²) in [6.45, 7) is 8.01. The van der Waals surface area contributed by atoms with Crippen molar-refractivity contribution >= 4 is 17.5 Å². The van der Waals surface area contributed by atoms with Crippen LogP contribution in [-0.4, -0.2) is 18.9 Å². The van der Waals surface area contributed by atoms with Crippen molar-refractivity contribution in [2.24, 2.45) is 0 Å². The molecule has 2 aromatic carbocycles. The van der Waals surface area contributed by atoms with Crippen LogP contribution in [0.2, 0.25) is 0 Å². The molecule has 2 amide bonds. The standard InChI is InChI=1S/C21H26N2O3/c1-14(15-10-12-16(26-5)13-11-15)22-19(24)20(25)23-18-9-7-6-8-17(18)21(2,3)4/h6-14H,1-5H3,(H,22,24)(H,23,25). The topological polar surface area (TPSA) is 67.4 Å². The molecule has 0 aliphatic carbocycles. The Labute approximate surface area is 154 Å². The quantitative estimate of drug-likeness (QED) is 0.821. The van der Waals surface area contributed by atoms with Gasteiger partial charge in [-0.15, -0.1) is 0 Å². The highest BCUT2D eigenvalue weighted by Crippen LogP contribution is 2.29.